The average Bonchev–Trinajstić information content (AvgIpc) is 3.48. The van der Waals surface area contributed by atoms with Crippen molar-refractivity contribution in [1.82, 2.24) is 20.0 Å². The second-order valence-corrected chi connectivity index (χ2v) is 9.85. The van der Waals surface area contributed by atoms with Gasteiger partial charge in [-0.2, -0.15) is 5.10 Å². The van der Waals surface area contributed by atoms with Crippen LogP contribution in [0.25, 0.3) is 0 Å². The van der Waals surface area contributed by atoms with E-state index in [1.165, 1.54) is 5.56 Å². The molecule has 1 aromatic rings. The van der Waals surface area contributed by atoms with Crippen molar-refractivity contribution in [3.05, 3.63) is 18.0 Å². The fraction of sp³-hybridized carbons (Fsp3) is 0.870. The summed E-state index contributed by atoms with van der Waals surface area (Å²) in [6.45, 7) is 14.8. The smallest absolute Gasteiger partial charge is 0.171 e. The minimum atomic E-state index is -0.374. The third kappa shape index (κ3) is 5.25. The highest BCUT2D eigenvalue weighted by Crippen LogP contribution is 2.37. The fourth-order valence-electron chi connectivity index (χ4n) is 5.10. The van der Waals surface area contributed by atoms with Crippen LogP contribution in [0.2, 0.25) is 0 Å². The summed E-state index contributed by atoms with van der Waals surface area (Å²) in [5.74, 6) is 0.0492. The molecule has 4 atom stereocenters. The summed E-state index contributed by atoms with van der Waals surface area (Å²) in [5.41, 5.74) is 1.24. The van der Waals surface area contributed by atoms with E-state index in [1.807, 2.05) is 12.4 Å². The van der Waals surface area contributed by atoms with Crippen molar-refractivity contribution >= 4 is 0 Å². The molecule has 0 bridgehead atoms. The maximum absolute atomic E-state index is 6.45. The third-order valence-electron chi connectivity index (χ3n) is 7.28. The molecule has 4 rings (SSSR count). The molecule has 30 heavy (non-hydrogen) atoms. The van der Waals surface area contributed by atoms with E-state index < -0.39 is 0 Å². The molecule has 0 aromatic carbocycles. The molecular weight excluding hydrogens is 380 g/mol. The number of nitrogens with zero attached hydrogens (tertiary/aromatic N) is 3. The maximum Gasteiger partial charge on any atom is 0.171 e. The van der Waals surface area contributed by atoms with Gasteiger partial charge in [-0.15, -0.1) is 0 Å². The lowest BCUT2D eigenvalue weighted by Crippen LogP contribution is -2.49. The molecule has 7 nitrogen and oxygen atoms in total. The van der Waals surface area contributed by atoms with Gasteiger partial charge in [-0.1, -0.05) is 6.92 Å². The van der Waals surface area contributed by atoms with Gasteiger partial charge < -0.3 is 14.2 Å². The number of nitrogens with one attached hydrogen (secondary N) is 1. The van der Waals surface area contributed by atoms with E-state index in [0.29, 0.717) is 30.7 Å². The molecule has 3 aliphatic rings. The zero-order chi connectivity index (χ0) is 21.1. The summed E-state index contributed by atoms with van der Waals surface area (Å²) in [6, 6.07) is 1.06. The average molecular weight is 421 g/mol. The number of rotatable bonds is 8. The van der Waals surface area contributed by atoms with Crippen LogP contribution in [0.4, 0.5) is 0 Å². The zero-order valence-corrected chi connectivity index (χ0v) is 19.2. The summed E-state index contributed by atoms with van der Waals surface area (Å²) in [4.78, 5) is 5.05. The first-order chi connectivity index (χ1) is 14.4. The second kappa shape index (κ2) is 9.65. The number of piperidine rings is 1. The van der Waals surface area contributed by atoms with Crippen molar-refractivity contribution in [3.63, 3.8) is 0 Å². The van der Waals surface area contributed by atoms with E-state index in [-0.39, 0.29) is 11.9 Å². The van der Waals surface area contributed by atoms with Crippen LogP contribution in [0.3, 0.4) is 0 Å². The van der Waals surface area contributed by atoms with Crippen LogP contribution in [-0.2, 0) is 14.2 Å². The van der Waals surface area contributed by atoms with Crippen LogP contribution in [0.1, 0.15) is 64.9 Å². The number of aromatic nitrogens is 2. The lowest BCUT2D eigenvalue weighted by atomic mass is 9.98. The van der Waals surface area contributed by atoms with Crippen molar-refractivity contribution in [2.75, 3.05) is 39.4 Å². The quantitative estimate of drug-likeness (QED) is 0.698. The Hall–Kier alpha value is -0.990. The highest BCUT2D eigenvalue weighted by Gasteiger charge is 2.44. The predicted molar refractivity (Wildman–Crippen MR) is 117 cm³/mol. The molecule has 3 saturated heterocycles. The fourth-order valence-corrected chi connectivity index (χ4v) is 5.10. The van der Waals surface area contributed by atoms with Crippen LogP contribution < -0.4 is 0 Å². The van der Waals surface area contributed by atoms with Gasteiger partial charge in [-0.05, 0) is 45.1 Å². The summed E-state index contributed by atoms with van der Waals surface area (Å²) in [7, 11) is 0. The van der Waals surface area contributed by atoms with Gasteiger partial charge in [0.1, 0.15) is 0 Å². The van der Waals surface area contributed by atoms with E-state index in [2.05, 4.69) is 47.7 Å². The SMILES string of the molecule is CC(CC1COC2(CCN(C(C)COC3CCN(C(C)C)C3)CC2)O1)c1cn[nH]c1. The number of hydrogen-bond donors (Lipinski definition) is 1. The van der Waals surface area contributed by atoms with E-state index in [0.717, 1.165) is 58.5 Å². The van der Waals surface area contributed by atoms with Crippen LogP contribution in [0.15, 0.2) is 12.4 Å². The molecule has 1 aromatic heterocycles. The number of hydrogen-bond acceptors (Lipinski definition) is 6. The van der Waals surface area contributed by atoms with Gasteiger partial charge in [0.15, 0.2) is 5.79 Å². The summed E-state index contributed by atoms with van der Waals surface area (Å²) >= 11 is 0. The summed E-state index contributed by atoms with van der Waals surface area (Å²) < 4.78 is 18.9. The number of aromatic amines is 1. The Labute approximate surface area is 181 Å². The molecule has 3 fully saturated rings. The Morgan fingerprint density at radius 2 is 2.00 bits per heavy atom. The molecule has 4 heterocycles. The standard InChI is InChI=1S/C23H40N4O3/c1-17(2)27-8-5-21(14-27)28-15-19(4)26-9-6-23(7-10-26)29-16-22(30-23)11-18(3)20-12-24-25-13-20/h12-13,17-19,21-22H,5-11,14-16H2,1-4H3,(H,24,25). The molecule has 1 spiro atoms. The molecule has 3 aliphatic heterocycles. The molecular formula is C23H40N4O3. The van der Waals surface area contributed by atoms with Gasteiger partial charge in [-0.25, -0.2) is 0 Å². The number of H-pyrrole nitrogens is 1. The van der Waals surface area contributed by atoms with E-state index in [4.69, 9.17) is 14.2 Å². The molecule has 7 heteroatoms. The number of ether oxygens (including phenoxy) is 3. The Morgan fingerprint density at radius 3 is 2.67 bits per heavy atom. The van der Waals surface area contributed by atoms with E-state index in [9.17, 15) is 0 Å². The molecule has 1 N–H and O–H groups in total. The van der Waals surface area contributed by atoms with Gasteiger partial charge in [0.05, 0.1) is 31.6 Å². The van der Waals surface area contributed by atoms with Crippen LogP contribution in [-0.4, -0.2) is 89.5 Å². The third-order valence-corrected chi connectivity index (χ3v) is 7.28. The van der Waals surface area contributed by atoms with Crippen molar-refractivity contribution in [3.8, 4) is 0 Å². The molecule has 0 amide bonds. The molecule has 0 aliphatic carbocycles. The topological polar surface area (TPSA) is 62.9 Å². The van der Waals surface area contributed by atoms with Crippen molar-refractivity contribution in [2.24, 2.45) is 0 Å². The lowest BCUT2D eigenvalue weighted by molar-refractivity contribution is -0.199. The van der Waals surface area contributed by atoms with E-state index >= 15 is 0 Å². The van der Waals surface area contributed by atoms with Crippen molar-refractivity contribution in [1.29, 1.82) is 0 Å². The minimum absolute atomic E-state index is 0.175. The normalized spacial score (nSPS) is 29.8. The van der Waals surface area contributed by atoms with Crippen molar-refractivity contribution < 1.29 is 14.2 Å². The predicted octanol–water partition coefficient (Wildman–Crippen LogP) is 3.00. The van der Waals surface area contributed by atoms with E-state index in [1.54, 1.807) is 0 Å². The first-order valence-electron chi connectivity index (χ1n) is 11.8. The first kappa shape index (κ1) is 22.2. The van der Waals surface area contributed by atoms with Gasteiger partial charge in [0, 0.05) is 57.3 Å². The van der Waals surface area contributed by atoms with Crippen LogP contribution in [0.5, 0.6) is 0 Å². The van der Waals surface area contributed by atoms with Gasteiger partial charge >= 0.3 is 0 Å². The highest BCUT2D eigenvalue weighted by atomic mass is 16.7. The first-order valence-corrected chi connectivity index (χ1v) is 11.8. The molecule has 0 radical (unpaired) electrons. The van der Waals surface area contributed by atoms with Crippen LogP contribution >= 0.6 is 0 Å². The largest absolute Gasteiger partial charge is 0.375 e. The monoisotopic (exact) mass is 420 g/mol. The molecule has 4 unspecified atom stereocenters. The van der Waals surface area contributed by atoms with Gasteiger partial charge in [0.25, 0.3) is 0 Å². The second-order valence-electron chi connectivity index (χ2n) is 9.85. The minimum Gasteiger partial charge on any atom is -0.375 e. The Morgan fingerprint density at radius 1 is 1.20 bits per heavy atom. The number of likely N-dealkylation sites (tertiary alicyclic amines) is 2. The summed E-state index contributed by atoms with van der Waals surface area (Å²) in [5, 5.41) is 6.96. The van der Waals surface area contributed by atoms with Gasteiger partial charge in [-0.3, -0.25) is 14.9 Å². The Bertz CT molecular complexity index is 645. The van der Waals surface area contributed by atoms with Crippen molar-refractivity contribution in [2.45, 2.75) is 89.4 Å². The molecule has 0 saturated carbocycles. The maximum atomic E-state index is 6.45. The Kier molecular flexibility index (Phi) is 7.15. The molecule has 170 valence electrons. The lowest BCUT2D eigenvalue weighted by Gasteiger charge is -2.40. The highest BCUT2D eigenvalue weighted by molar-refractivity contribution is 5.09. The van der Waals surface area contributed by atoms with Gasteiger partial charge in [0.2, 0.25) is 0 Å². The summed E-state index contributed by atoms with van der Waals surface area (Å²) in [6.07, 6.45) is 8.47. The van der Waals surface area contributed by atoms with Crippen LogP contribution in [0, 0.1) is 0 Å². The zero-order valence-electron chi connectivity index (χ0n) is 19.2. The Balaban J connectivity index is 1.17.